The molecular formula is C12H26O3. The Balaban J connectivity index is 3.35. The van der Waals surface area contributed by atoms with Gasteiger partial charge in [-0.15, -0.1) is 0 Å². The monoisotopic (exact) mass is 218 g/mol. The van der Waals surface area contributed by atoms with Gasteiger partial charge in [0.25, 0.3) is 0 Å². The van der Waals surface area contributed by atoms with E-state index in [-0.39, 0.29) is 0 Å². The van der Waals surface area contributed by atoms with Crippen molar-refractivity contribution < 1.29 is 14.9 Å². The van der Waals surface area contributed by atoms with E-state index in [0.29, 0.717) is 12.8 Å². The van der Waals surface area contributed by atoms with Crippen molar-refractivity contribution in [2.24, 2.45) is 0 Å². The summed E-state index contributed by atoms with van der Waals surface area (Å²) in [5.74, 6) is 0. The number of aliphatic hydroxyl groups is 2. The maximum absolute atomic E-state index is 9.42. The van der Waals surface area contributed by atoms with E-state index in [2.05, 4.69) is 13.8 Å². The highest BCUT2D eigenvalue weighted by molar-refractivity contribution is 4.48. The van der Waals surface area contributed by atoms with Gasteiger partial charge >= 0.3 is 0 Å². The smallest absolute Gasteiger partial charge is 0.157 e. The Hall–Kier alpha value is -0.120. The first kappa shape index (κ1) is 14.9. The van der Waals surface area contributed by atoms with Gasteiger partial charge in [-0.25, -0.2) is 0 Å². The van der Waals surface area contributed by atoms with Crippen LogP contribution in [0.15, 0.2) is 0 Å². The first-order valence-corrected chi connectivity index (χ1v) is 6.22. The zero-order valence-corrected chi connectivity index (χ0v) is 10.1. The van der Waals surface area contributed by atoms with Gasteiger partial charge in [-0.1, -0.05) is 39.5 Å². The molecule has 0 radical (unpaired) electrons. The molecule has 0 aliphatic carbocycles. The van der Waals surface area contributed by atoms with Crippen molar-refractivity contribution in [1.82, 2.24) is 0 Å². The molecule has 0 aromatic heterocycles. The molecule has 0 aliphatic heterocycles. The molecule has 0 rings (SSSR count). The lowest BCUT2D eigenvalue weighted by Crippen LogP contribution is -2.21. The Kier molecular flexibility index (Phi) is 10.3. The number of unbranched alkanes of at least 4 members (excludes halogenated alkanes) is 4. The second-order valence-electron chi connectivity index (χ2n) is 4.04. The molecule has 0 bridgehead atoms. The largest absolute Gasteiger partial charge is 0.368 e. The van der Waals surface area contributed by atoms with Crippen LogP contribution in [0.5, 0.6) is 0 Å². The molecule has 0 aromatic carbocycles. The highest BCUT2D eigenvalue weighted by atomic mass is 16.7. The molecule has 0 saturated heterocycles. The summed E-state index contributed by atoms with van der Waals surface area (Å²) in [5.41, 5.74) is 0. The Morgan fingerprint density at radius 2 is 1.20 bits per heavy atom. The van der Waals surface area contributed by atoms with Crippen LogP contribution in [0, 0.1) is 0 Å². The van der Waals surface area contributed by atoms with Gasteiger partial charge in [0.05, 0.1) is 0 Å². The Bertz CT molecular complexity index is 114. The van der Waals surface area contributed by atoms with Gasteiger partial charge in [-0.05, 0) is 25.7 Å². The summed E-state index contributed by atoms with van der Waals surface area (Å²) >= 11 is 0. The van der Waals surface area contributed by atoms with Crippen molar-refractivity contribution in [3.63, 3.8) is 0 Å². The first-order valence-electron chi connectivity index (χ1n) is 6.22. The lowest BCUT2D eigenvalue weighted by Gasteiger charge is -2.16. The van der Waals surface area contributed by atoms with Crippen molar-refractivity contribution in [2.75, 3.05) is 0 Å². The van der Waals surface area contributed by atoms with E-state index in [0.717, 1.165) is 38.5 Å². The average molecular weight is 218 g/mol. The number of hydrogen-bond donors (Lipinski definition) is 2. The normalized spacial score (nSPS) is 15.2. The second-order valence-corrected chi connectivity index (χ2v) is 4.04. The molecule has 92 valence electrons. The molecule has 3 nitrogen and oxygen atoms in total. The molecule has 2 atom stereocenters. The van der Waals surface area contributed by atoms with Gasteiger partial charge in [-0.3, -0.25) is 0 Å². The lowest BCUT2D eigenvalue weighted by molar-refractivity contribution is -0.212. The third-order valence-corrected chi connectivity index (χ3v) is 2.42. The Labute approximate surface area is 93.5 Å². The number of hydrogen-bond acceptors (Lipinski definition) is 3. The van der Waals surface area contributed by atoms with Crippen LogP contribution in [-0.4, -0.2) is 22.8 Å². The quantitative estimate of drug-likeness (QED) is 0.438. The average Bonchev–Trinajstić information content (AvgIpc) is 2.18. The van der Waals surface area contributed by atoms with Gasteiger partial charge in [-0.2, -0.15) is 0 Å². The van der Waals surface area contributed by atoms with Crippen molar-refractivity contribution in [3.8, 4) is 0 Å². The number of aliphatic hydroxyl groups excluding tert-OH is 2. The maximum atomic E-state index is 9.42. The maximum Gasteiger partial charge on any atom is 0.157 e. The van der Waals surface area contributed by atoms with Crippen LogP contribution in [0.2, 0.25) is 0 Å². The molecule has 3 heteroatoms. The first-order chi connectivity index (χ1) is 7.20. The summed E-state index contributed by atoms with van der Waals surface area (Å²) in [6.07, 6.45) is 6.04. The van der Waals surface area contributed by atoms with E-state index in [4.69, 9.17) is 4.74 Å². The Morgan fingerprint density at radius 1 is 0.800 bits per heavy atom. The van der Waals surface area contributed by atoms with Crippen molar-refractivity contribution in [1.29, 1.82) is 0 Å². The molecule has 0 aromatic rings. The Morgan fingerprint density at radius 3 is 1.53 bits per heavy atom. The molecule has 0 fully saturated rings. The second kappa shape index (κ2) is 10.4. The molecule has 2 unspecified atom stereocenters. The summed E-state index contributed by atoms with van der Waals surface area (Å²) in [5, 5.41) is 18.8. The fraction of sp³-hybridized carbons (Fsp3) is 1.00. The van der Waals surface area contributed by atoms with E-state index in [1.54, 1.807) is 0 Å². The fourth-order valence-electron chi connectivity index (χ4n) is 1.46. The molecule has 0 saturated carbocycles. The van der Waals surface area contributed by atoms with Crippen LogP contribution in [0.1, 0.15) is 65.2 Å². The van der Waals surface area contributed by atoms with E-state index < -0.39 is 12.6 Å². The minimum Gasteiger partial charge on any atom is -0.368 e. The van der Waals surface area contributed by atoms with Crippen molar-refractivity contribution in [3.05, 3.63) is 0 Å². The molecule has 0 amide bonds. The molecule has 0 heterocycles. The summed E-state index contributed by atoms with van der Waals surface area (Å²) in [7, 11) is 0. The van der Waals surface area contributed by atoms with Crippen LogP contribution in [0.4, 0.5) is 0 Å². The van der Waals surface area contributed by atoms with Crippen molar-refractivity contribution >= 4 is 0 Å². The van der Waals surface area contributed by atoms with Crippen LogP contribution in [-0.2, 0) is 4.74 Å². The van der Waals surface area contributed by atoms with Crippen LogP contribution in [0.3, 0.4) is 0 Å². The zero-order chi connectivity index (χ0) is 11.5. The third kappa shape index (κ3) is 10.2. The number of rotatable bonds is 10. The minimum atomic E-state index is -0.798. The standard InChI is InChI=1S/C12H26O3/c1-3-5-7-9-11(13)15-12(14)10-8-6-4-2/h11-14H,3-10H2,1-2H3. The predicted octanol–water partition coefficient (Wildman–Crippen LogP) is 2.80. The van der Waals surface area contributed by atoms with Gasteiger partial charge in [0, 0.05) is 0 Å². The lowest BCUT2D eigenvalue weighted by atomic mass is 10.2. The van der Waals surface area contributed by atoms with Gasteiger partial charge < -0.3 is 14.9 Å². The summed E-state index contributed by atoms with van der Waals surface area (Å²) in [6.45, 7) is 4.24. The molecule has 15 heavy (non-hydrogen) atoms. The van der Waals surface area contributed by atoms with Crippen molar-refractivity contribution in [2.45, 2.75) is 77.8 Å². The van der Waals surface area contributed by atoms with Gasteiger partial charge in [0.15, 0.2) is 12.6 Å². The highest BCUT2D eigenvalue weighted by Gasteiger charge is 2.10. The predicted molar refractivity (Wildman–Crippen MR) is 61.4 cm³/mol. The summed E-state index contributed by atoms with van der Waals surface area (Å²) in [6, 6.07) is 0. The zero-order valence-electron chi connectivity index (χ0n) is 10.1. The topological polar surface area (TPSA) is 49.7 Å². The number of ether oxygens (including phenoxy) is 1. The highest BCUT2D eigenvalue weighted by Crippen LogP contribution is 2.10. The summed E-state index contributed by atoms with van der Waals surface area (Å²) < 4.78 is 5.05. The van der Waals surface area contributed by atoms with Crippen LogP contribution in [0.25, 0.3) is 0 Å². The van der Waals surface area contributed by atoms with E-state index in [9.17, 15) is 10.2 Å². The molecule has 2 N–H and O–H groups in total. The fourth-order valence-corrected chi connectivity index (χ4v) is 1.46. The van der Waals surface area contributed by atoms with E-state index in [1.807, 2.05) is 0 Å². The molecule has 0 spiro atoms. The SMILES string of the molecule is CCCCCC(O)OC(O)CCCCC. The molecule has 0 aliphatic rings. The van der Waals surface area contributed by atoms with Gasteiger partial charge in [0.2, 0.25) is 0 Å². The molecular weight excluding hydrogens is 192 g/mol. The summed E-state index contributed by atoms with van der Waals surface area (Å²) in [4.78, 5) is 0. The van der Waals surface area contributed by atoms with Crippen LogP contribution >= 0.6 is 0 Å². The van der Waals surface area contributed by atoms with Crippen LogP contribution < -0.4 is 0 Å². The van der Waals surface area contributed by atoms with Gasteiger partial charge in [0.1, 0.15) is 0 Å². The third-order valence-electron chi connectivity index (χ3n) is 2.42. The minimum absolute atomic E-state index is 0.624. The van der Waals surface area contributed by atoms with E-state index >= 15 is 0 Å². The van der Waals surface area contributed by atoms with E-state index in [1.165, 1.54) is 0 Å².